The molecular formula is C20H35N3O2. The number of hydrogen-bond acceptors (Lipinski definition) is 4. The molecule has 1 amide bonds. The summed E-state index contributed by atoms with van der Waals surface area (Å²) in [6.07, 6.45) is 5.87. The first-order chi connectivity index (χ1) is 12.1. The standard InChI is InChI=1S/C20H35N3O2/c1-3-21-12-14-22(15-13-21)19-8-10-23(11-9-19)20(25)18-6-4-17(5-7-18)16(2)24/h17-19H,3-15H2,1-2H3. The van der Waals surface area contributed by atoms with E-state index in [4.69, 9.17) is 0 Å². The van der Waals surface area contributed by atoms with Crippen LogP contribution in [0.3, 0.4) is 0 Å². The average molecular weight is 350 g/mol. The van der Waals surface area contributed by atoms with Crippen molar-refractivity contribution in [3.63, 3.8) is 0 Å². The van der Waals surface area contributed by atoms with E-state index in [1.165, 1.54) is 26.2 Å². The van der Waals surface area contributed by atoms with Gasteiger partial charge in [-0.05, 0) is 52.0 Å². The van der Waals surface area contributed by atoms with E-state index in [9.17, 15) is 9.59 Å². The van der Waals surface area contributed by atoms with Gasteiger partial charge in [-0.2, -0.15) is 0 Å². The summed E-state index contributed by atoms with van der Waals surface area (Å²) in [6.45, 7) is 11.7. The maximum atomic E-state index is 12.8. The summed E-state index contributed by atoms with van der Waals surface area (Å²) in [5.41, 5.74) is 0. The first-order valence-electron chi connectivity index (χ1n) is 10.3. The minimum Gasteiger partial charge on any atom is -0.342 e. The Bertz CT molecular complexity index is 458. The van der Waals surface area contributed by atoms with Gasteiger partial charge in [0.05, 0.1) is 0 Å². The van der Waals surface area contributed by atoms with Crippen molar-refractivity contribution in [2.75, 3.05) is 45.8 Å². The Morgan fingerprint density at radius 3 is 1.88 bits per heavy atom. The number of carbonyl (C=O) groups excluding carboxylic acids is 2. The molecule has 1 saturated carbocycles. The smallest absolute Gasteiger partial charge is 0.225 e. The maximum Gasteiger partial charge on any atom is 0.225 e. The van der Waals surface area contributed by atoms with Crippen molar-refractivity contribution in [2.45, 2.75) is 58.4 Å². The van der Waals surface area contributed by atoms with Crippen LogP contribution >= 0.6 is 0 Å². The van der Waals surface area contributed by atoms with Gasteiger partial charge in [0.25, 0.3) is 0 Å². The number of carbonyl (C=O) groups is 2. The van der Waals surface area contributed by atoms with E-state index in [1.807, 2.05) is 0 Å². The number of hydrogen-bond donors (Lipinski definition) is 0. The van der Waals surface area contributed by atoms with Gasteiger partial charge in [-0.15, -0.1) is 0 Å². The third kappa shape index (κ3) is 4.62. The van der Waals surface area contributed by atoms with Crippen LogP contribution in [0.15, 0.2) is 0 Å². The van der Waals surface area contributed by atoms with Gasteiger partial charge < -0.3 is 9.80 Å². The lowest BCUT2D eigenvalue weighted by molar-refractivity contribution is -0.139. The zero-order valence-electron chi connectivity index (χ0n) is 16.1. The van der Waals surface area contributed by atoms with Crippen LogP contribution in [0.1, 0.15) is 52.4 Å². The highest BCUT2D eigenvalue weighted by molar-refractivity contribution is 5.81. The molecule has 1 aliphatic carbocycles. The molecule has 0 spiro atoms. The SMILES string of the molecule is CCN1CCN(C2CCN(C(=O)C3CCC(C(C)=O)CC3)CC2)CC1. The first-order valence-corrected chi connectivity index (χ1v) is 10.3. The number of Topliss-reactive ketones (excluding diaryl/α,β-unsaturated/α-hetero) is 1. The summed E-state index contributed by atoms with van der Waals surface area (Å²) in [7, 11) is 0. The number of piperazine rings is 1. The molecule has 0 aromatic carbocycles. The van der Waals surface area contributed by atoms with Crippen LogP contribution in [-0.4, -0.2) is 78.2 Å². The third-order valence-corrected chi connectivity index (χ3v) is 6.80. The van der Waals surface area contributed by atoms with Crippen molar-refractivity contribution in [1.29, 1.82) is 0 Å². The highest BCUT2D eigenvalue weighted by Gasteiger charge is 2.34. The van der Waals surface area contributed by atoms with Gasteiger partial charge in [0.15, 0.2) is 0 Å². The zero-order valence-corrected chi connectivity index (χ0v) is 16.1. The molecule has 0 aromatic heterocycles. The Kier molecular flexibility index (Phi) is 6.50. The summed E-state index contributed by atoms with van der Waals surface area (Å²) in [5, 5.41) is 0. The zero-order chi connectivity index (χ0) is 17.8. The van der Waals surface area contributed by atoms with Crippen molar-refractivity contribution in [3.8, 4) is 0 Å². The van der Waals surface area contributed by atoms with E-state index in [0.717, 1.165) is 58.2 Å². The molecule has 2 saturated heterocycles. The third-order valence-electron chi connectivity index (χ3n) is 6.80. The number of amides is 1. The molecule has 0 radical (unpaired) electrons. The Balaban J connectivity index is 1.42. The van der Waals surface area contributed by atoms with E-state index in [0.29, 0.717) is 17.7 Å². The van der Waals surface area contributed by atoms with Crippen molar-refractivity contribution >= 4 is 11.7 Å². The molecule has 3 fully saturated rings. The lowest BCUT2D eigenvalue weighted by Crippen LogP contribution is -2.54. The van der Waals surface area contributed by atoms with Crippen molar-refractivity contribution in [1.82, 2.24) is 14.7 Å². The molecule has 0 aromatic rings. The largest absolute Gasteiger partial charge is 0.342 e. The van der Waals surface area contributed by atoms with Gasteiger partial charge in [-0.3, -0.25) is 14.5 Å². The Morgan fingerprint density at radius 2 is 1.36 bits per heavy atom. The quantitative estimate of drug-likeness (QED) is 0.779. The average Bonchev–Trinajstić information content (AvgIpc) is 2.67. The fourth-order valence-corrected chi connectivity index (χ4v) is 4.90. The van der Waals surface area contributed by atoms with Crippen LogP contribution in [0.5, 0.6) is 0 Å². The predicted molar refractivity (Wildman–Crippen MR) is 99.4 cm³/mol. The second kappa shape index (κ2) is 8.63. The van der Waals surface area contributed by atoms with Gasteiger partial charge in [-0.1, -0.05) is 6.92 Å². The molecule has 0 unspecified atom stereocenters. The number of nitrogens with zero attached hydrogens (tertiary/aromatic N) is 3. The second-order valence-corrected chi connectivity index (χ2v) is 8.19. The summed E-state index contributed by atoms with van der Waals surface area (Å²) in [6, 6.07) is 0.663. The summed E-state index contributed by atoms with van der Waals surface area (Å²) in [5.74, 6) is 1.03. The predicted octanol–water partition coefficient (Wildman–Crippen LogP) is 2.01. The van der Waals surface area contributed by atoms with Crippen LogP contribution in [0, 0.1) is 11.8 Å². The number of rotatable bonds is 4. The number of likely N-dealkylation sites (N-methyl/N-ethyl adjacent to an activating group) is 1. The molecule has 142 valence electrons. The number of piperidine rings is 1. The van der Waals surface area contributed by atoms with Crippen molar-refractivity contribution in [3.05, 3.63) is 0 Å². The topological polar surface area (TPSA) is 43.9 Å². The van der Waals surface area contributed by atoms with Crippen molar-refractivity contribution < 1.29 is 9.59 Å². The lowest BCUT2D eigenvalue weighted by atomic mass is 9.79. The van der Waals surface area contributed by atoms with Gasteiger partial charge in [0.2, 0.25) is 5.91 Å². The van der Waals surface area contributed by atoms with Crippen LogP contribution < -0.4 is 0 Å². The minimum atomic E-state index is 0.167. The Hall–Kier alpha value is -0.940. The molecule has 0 atom stereocenters. The molecule has 2 aliphatic heterocycles. The summed E-state index contributed by atoms with van der Waals surface area (Å²) < 4.78 is 0. The van der Waals surface area contributed by atoms with Gasteiger partial charge in [-0.25, -0.2) is 0 Å². The molecule has 0 N–H and O–H groups in total. The maximum absolute atomic E-state index is 12.8. The van der Waals surface area contributed by atoms with Crippen LogP contribution in [0.2, 0.25) is 0 Å². The van der Waals surface area contributed by atoms with Crippen LogP contribution in [-0.2, 0) is 9.59 Å². The molecule has 0 bridgehead atoms. The first kappa shape index (κ1) is 18.8. The molecule has 25 heavy (non-hydrogen) atoms. The minimum absolute atomic E-state index is 0.167. The molecule has 2 heterocycles. The van der Waals surface area contributed by atoms with E-state index in [2.05, 4.69) is 21.6 Å². The lowest BCUT2D eigenvalue weighted by Gasteiger charge is -2.43. The van der Waals surface area contributed by atoms with E-state index >= 15 is 0 Å². The fourth-order valence-electron chi connectivity index (χ4n) is 4.90. The van der Waals surface area contributed by atoms with Crippen molar-refractivity contribution in [2.24, 2.45) is 11.8 Å². The van der Waals surface area contributed by atoms with Gasteiger partial charge >= 0.3 is 0 Å². The summed E-state index contributed by atoms with van der Waals surface area (Å²) >= 11 is 0. The highest BCUT2D eigenvalue weighted by Crippen LogP contribution is 2.31. The van der Waals surface area contributed by atoms with Gasteiger partial charge in [0.1, 0.15) is 5.78 Å². The molecule has 5 heteroatoms. The van der Waals surface area contributed by atoms with Gasteiger partial charge in [0, 0.05) is 57.1 Å². The number of likely N-dealkylation sites (tertiary alicyclic amines) is 1. The van der Waals surface area contributed by atoms with Crippen LogP contribution in [0.25, 0.3) is 0 Å². The monoisotopic (exact) mass is 349 g/mol. The second-order valence-electron chi connectivity index (χ2n) is 8.19. The Labute approximate surface area is 152 Å². The Morgan fingerprint density at radius 1 is 0.800 bits per heavy atom. The molecule has 3 aliphatic rings. The van der Waals surface area contributed by atoms with E-state index < -0.39 is 0 Å². The molecule has 3 rings (SSSR count). The molecule has 5 nitrogen and oxygen atoms in total. The van der Waals surface area contributed by atoms with E-state index in [1.54, 1.807) is 6.92 Å². The highest BCUT2D eigenvalue weighted by atomic mass is 16.2. The molecular weight excluding hydrogens is 314 g/mol. The van der Waals surface area contributed by atoms with Crippen LogP contribution in [0.4, 0.5) is 0 Å². The number of ketones is 1. The van der Waals surface area contributed by atoms with E-state index in [-0.39, 0.29) is 11.8 Å². The summed E-state index contributed by atoms with van der Waals surface area (Å²) in [4.78, 5) is 31.6. The normalized spacial score (nSPS) is 30.4. The fraction of sp³-hybridized carbons (Fsp3) is 0.900.